The number of carbonyl (C=O) groups is 5. The summed E-state index contributed by atoms with van der Waals surface area (Å²) in [6.45, 7) is 6.45. The Hall–Kier alpha value is -8.13. The molecule has 5 saturated carbocycles. The summed E-state index contributed by atoms with van der Waals surface area (Å²) in [6.07, 6.45) is 37.2. The quantitative estimate of drug-likeness (QED) is 0.0811. The van der Waals surface area contributed by atoms with Crippen LogP contribution in [0.1, 0.15) is 282 Å². The third kappa shape index (κ3) is 32.8. The van der Waals surface area contributed by atoms with Crippen LogP contribution in [-0.2, 0) is 97.5 Å². The Morgan fingerprint density at radius 3 is 0.760 bits per heavy atom. The van der Waals surface area contributed by atoms with E-state index in [4.69, 9.17) is 47.4 Å². The molecule has 0 radical (unpaired) electrons. The van der Waals surface area contributed by atoms with Crippen molar-refractivity contribution >= 4 is 85.2 Å². The van der Waals surface area contributed by atoms with E-state index in [1.54, 1.807) is 16.1 Å². The zero-order valence-electron chi connectivity index (χ0n) is 88.2. The minimum Gasteiger partial charge on any atom is -0.493 e. The third-order valence-electron chi connectivity index (χ3n) is 32.9. The lowest BCUT2D eigenvalue weighted by Crippen LogP contribution is -2.59. The SMILES string of the molecule is C=S(C)(=O)N[C@H]1CCN2C(=O)COc3ccccc3C3CCC(CC3)OCC12.CS(=O)(=O)N[C@H]1CCCN2C(=O)CCCCOc3ccccc3C3CCC(CC3)OCC12.CS(=O)(=O)N[C@H]1CCCN2C(=O)CCCOc3ccccc3C3CCC(CC3)OCC12.CS(=O)(=O)N[C@H]1CCCN2C(=O)CCOc3ccccc3C3CCC(CC3)OCC12.CS(=O)(=O)N[C@H]1CCCN2C(=O)COc3ccccc3C3CCC(CC3)OCC12. The van der Waals surface area contributed by atoms with E-state index in [2.05, 4.69) is 78.0 Å². The highest BCUT2D eigenvalue weighted by atomic mass is 32.2. The van der Waals surface area contributed by atoms with Crippen molar-refractivity contribution in [1.82, 2.24) is 48.1 Å². The number of piperidine rings is 4. The van der Waals surface area contributed by atoms with E-state index in [0.717, 1.165) is 221 Å². The van der Waals surface area contributed by atoms with Gasteiger partial charge in [-0.2, -0.15) is 0 Å². The second-order valence-corrected chi connectivity index (χ2v) is 53.4. The minimum absolute atomic E-state index is 0.0108. The first kappa shape index (κ1) is 114. The largest absolute Gasteiger partial charge is 0.493 e. The second kappa shape index (κ2) is 53.5. The molecule has 20 aliphatic rings. The Bertz CT molecular complexity index is 5890. The van der Waals surface area contributed by atoms with Crippen molar-refractivity contribution in [2.45, 2.75) is 345 Å². The molecule has 11 atom stereocenters. The Morgan fingerprint density at radius 2 is 0.480 bits per heavy atom. The fourth-order valence-electron chi connectivity index (χ4n) is 25.5. The van der Waals surface area contributed by atoms with Crippen LogP contribution in [0.3, 0.4) is 0 Å². The van der Waals surface area contributed by atoms with Crippen LogP contribution >= 0.6 is 0 Å². The predicted molar refractivity (Wildman–Crippen MR) is 576 cm³/mol. The Kier molecular flexibility index (Phi) is 40.8. The number of nitrogens with zero attached hydrogens (tertiary/aromatic N) is 5. The summed E-state index contributed by atoms with van der Waals surface area (Å²) in [5, 5.41) is 0. The van der Waals surface area contributed by atoms with Crippen molar-refractivity contribution < 1.29 is 109 Å². The van der Waals surface area contributed by atoms with Crippen molar-refractivity contribution in [2.24, 2.45) is 0 Å². The molecule has 5 saturated heterocycles. The highest BCUT2D eigenvalue weighted by Gasteiger charge is 2.46. The number of benzene rings is 5. The summed E-state index contributed by atoms with van der Waals surface area (Å²) < 4.78 is 183. The van der Waals surface area contributed by atoms with Gasteiger partial charge in [0.25, 0.3) is 11.8 Å². The second-order valence-electron chi connectivity index (χ2n) is 44.0. The van der Waals surface area contributed by atoms with E-state index in [9.17, 15) is 61.9 Å². The van der Waals surface area contributed by atoms with Crippen molar-refractivity contribution in [3.05, 3.63) is 149 Å². The lowest BCUT2D eigenvalue weighted by Gasteiger charge is -2.42. The van der Waals surface area contributed by atoms with Crippen LogP contribution in [0.25, 0.3) is 0 Å². The van der Waals surface area contributed by atoms with Crippen LogP contribution in [0.4, 0.5) is 0 Å². The maximum atomic E-state index is 13.1. The van der Waals surface area contributed by atoms with E-state index in [1.165, 1.54) is 46.6 Å². The van der Waals surface area contributed by atoms with E-state index >= 15 is 0 Å². The minimum atomic E-state index is -3.37. The van der Waals surface area contributed by atoms with Gasteiger partial charge in [0.1, 0.15) is 28.7 Å². The van der Waals surface area contributed by atoms with Crippen molar-refractivity contribution in [3.8, 4) is 28.7 Å². The first-order valence-electron chi connectivity index (χ1n) is 55.2. The van der Waals surface area contributed by atoms with Gasteiger partial charge >= 0.3 is 0 Å². The lowest BCUT2D eigenvalue weighted by molar-refractivity contribution is -0.141. The molecule has 150 heavy (non-hydrogen) atoms. The highest BCUT2D eigenvalue weighted by Crippen LogP contribution is 2.46. The topological polar surface area (TPSA) is 408 Å². The summed E-state index contributed by atoms with van der Waals surface area (Å²) in [7, 11) is -15.8. The zero-order chi connectivity index (χ0) is 106. The Balaban J connectivity index is 0.000000134. The number of amides is 5. The van der Waals surface area contributed by atoms with Crippen molar-refractivity contribution in [1.29, 1.82) is 0 Å². The van der Waals surface area contributed by atoms with Gasteiger partial charge in [0.2, 0.25) is 57.8 Å². The molecule has 830 valence electrons. The standard InChI is InChI=1S/C24H36N2O5S.C23H34N2O5S.C22H32N2O5S.C21H30N2O5S.C21H30N2O4S/c1-32(28,29)25-21-8-6-15-26-22(21)17-31-19-13-11-18(12-14-19)20-7-2-3-9-23(20)30-16-5-4-10-24(26)27;1-31(27,28)24-20-7-4-14-25-21(20)16-30-18-12-10-17(11-13-18)19-6-2-3-8-22(19)29-15-5-9-23(25)26;1-30(26,27)23-19-6-4-13-24-20(19)15-29-17-10-8-16(9-11-17)18-5-2-3-7-21(18)28-14-12-22(24)25;1-29(25,26)22-18-6-4-12-23-19(18)13-27-16-10-8-15(9-11-16)17-5-2-3-7-20(17)28-14-21(23)24;1-28(2,25)22-18-11-12-23-19(18)13-26-16-9-7-15(8-10-16)17-5-3-4-6-20(17)27-14-21(23)24/h2-3,7,9,18-19,21-22,25H,4-6,8,10-17H2,1H3;2-3,6,8,17-18,20-21,24H,4-5,7,9-16H2,1H3;2-3,5,7,16-17,19-20,23H,4,6,8-15H2,1H3;2-3,5,7,15-16,18-19,22H,4,6,8-14H2,1H3;3-6,15-16,18-19H,1,7-14H2,2H3,(H,22,25)/t18?,19?,21-,22?;17?,18?,20-,21?;16?,17?,19-,20?;15?,16?,18-,19?;15?,16?,18-,19?,28?/m00000/s1. The molecule has 0 spiro atoms. The van der Waals surface area contributed by atoms with Crippen LogP contribution in [0.15, 0.2) is 121 Å². The van der Waals surface area contributed by atoms with Gasteiger partial charge in [0.05, 0.1) is 145 Å². The maximum Gasteiger partial charge on any atom is 0.260 e. The molecule has 6 unspecified atom stereocenters. The van der Waals surface area contributed by atoms with Crippen LogP contribution in [-0.4, -0.2) is 319 Å². The summed E-state index contributed by atoms with van der Waals surface area (Å²) >= 11 is 0. The predicted octanol–water partition coefficient (Wildman–Crippen LogP) is 12.4. The van der Waals surface area contributed by atoms with Gasteiger partial charge in [-0.25, -0.2) is 57.3 Å². The lowest BCUT2D eigenvalue weighted by atomic mass is 9.82. The molecule has 5 N–H and O–H groups in total. The smallest absolute Gasteiger partial charge is 0.260 e. The van der Waals surface area contributed by atoms with Gasteiger partial charge in [0.15, 0.2) is 13.2 Å². The van der Waals surface area contributed by atoms with Crippen LogP contribution in [0, 0.1) is 0 Å². The van der Waals surface area contributed by atoms with E-state index < -0.39 is 49.8 Å². The average Bonchev–Trinajstić information content (AvgIpc) is 1.49. The fourth-order valence-corrected chi connectivity index (χ4v) is 29.7. The highest BCUT2D eigenvalue weighted by molar-refractivity contribution is 7.97. The molecular weight excluding hydrogens is 2020 g/mol. The number of para-hydroxylation sites is 5. The van der Waals surface area contributed by atoms with Crippen molar-refractivity contribution in [3.63, 3.8) is 0 Å². The normalized spacial score (nSPS) is 31.0. The van der Waals surface area contributed by atoms with Gasteiger partial charge in [-0.3, -0.25) is 28.2 Å². The summed E-state index contributed by atoms with van der Waals surface area (Å²) in [4.78, 5) is 74.1. The monoisotopic (exact) mass is 2180 g/mol. The summed E-state index contributed by atoms with van der Waals surface area (Å²) in [5.41, 5.74) is 6.15. The number of hydrogen-bond acceptors (Lipinski definition) is 24. The molecule has 5 amide bonds. The fraction of sp³-hybridized carbons (Fsp3) is 0.676. The molecule has 25 rings (SSSR count). The van der Waals surface area contributed by atoms with Crippen LogP contribution in [0.2, 0.25) is 0 Å². The first-order chi connectivity index (χ1) is 72.0. The van der Waals surface area contributed by atoms with Gasteiger partial charge in [-0.05, 0) is 299 Å². The zero-order valence-corrected chi connectivity index (χ0v) is 92.3. The molecule has 5 aliphatic carbocycles. The molecule has 0 aromatic heterocycles. The van der Waals surface area contributed by atoms with Gasteiger partial charge in [0, 0.05) is 91.7 Å². The number of hydrogen-bond donors (Lipinski definition) is 5. The van der Waals surface area contributed by atoms with Gasteiger partial charge in [-0.15, -0.1) is 0 Å². The van der Waals surface area contributed by atoms with E-state index in [1.807, 2.05) is 87.5 Å². The summed E-state index contributed by atoms with van der Waals surface area (Å²) in [6, 6.07) is 38.2. The third-order valence-corrected chi connectivity index (χ3v) is 36.6. The maximum absolute atomic E-state index is 13.1. The Labute approximate surface area is 889 Å². The molecule has 15 heterocycles. The number of ether oxygens (including phenoxy) is 10. The number of rotatable bonds is 10. The molecular formula is C111H162N10O24S5. The molecule has 10 bridgehead atoms. The van der Waals surface area contributed by atoms with E-state index in [0.29, 0.717) is 147 Å². The van der Waals surface area contributed by atoms with E-state index in [-0.39, 0.29) is 140 Å². The Morgan fingerprint density at radius 1 is 0.247 bits per heavy atom. The number of nitrogens with one attached hydrogen (secondary N) is 5. The first-order valence-corrected chi connectivity index (χ1v) is 64.9. The molecule has 34 nitrogen and oxygen atoms in total. The van der Waals surface area contributed by atoms with Gasteiger partial charge < -0.3 is 71.9 Å². The number of sulfonamides is 4. The average molecular weight is 2180 g/mol. The summed E-state index contributed by atoms with van der Waals surface area (Å²) in [5.74, 6) is 10.3. The van der Waals surface area contributed by atoms with Crippen molar-refractivity contribution in [2.75, 3.05) is 130 Å². The van der Waals surface area contributed by atoms with Crippen LogP contribution < -0.4 is 47.3 Å². The molecule has 39 heteroatoms. The molecule has 5 aromatic carbocycles. The van der Waals surface area contributed by atoms with Crippen LogP contribution in [0.5, 0.6) is 28.7 Å². The van der Waals surface area contributed by atoms with Gasteiger partial charge in [-0.1, -0.05) is 91.0 Å². The molecule has 5 aromatic rings. The molecule has 10 fully saturated rings. The number of fused-ring (bicyclic) bond motifs is 31. The molecule has 15 aliphatic heterocycles. The number of carbonyl (C=O) groups excluding carboxylic acids is 5.